The van der Waals surface area contributed by atoms with Crippen LogP contribution in [0.3, 0.4) is 0 Å². The van der Waals surface area contributed by atoms with Gasteiger partial charge in [0.25, 0.3) is 0 Å². The molecule has 0 radical (unpaired) electrons. The van der Waals surface area contributed by atoms with E-state index in [0.29, 0.717) is 5.69 Å². The molecular weight excluding hydrogens is 195 g/mol. The molecule has 0 spiro atoms. The van der Waals surface area contributed by atoms with Gasteiger partial charge < -0.3 is 5.32 Å². The van der Waals surface area contributed by atoms with Crippen LogP contribution in [-0.4, -0.2) is 22.0 Å². The lowest BCUT2D eigenvalue weighted by Gasteiger charge is -2.15. The maximum atomic E-state index is 12.0. The van der Waals surface area contributed by atoms with Crippen LogP contribution in [0.15, 0.2) is 12.4 Å². The molecule has 0 fully saturated rings. The van der Waals surface area contributed by atoms with E-state index in [-0.39, 0.29) is 0 Å². The van der Waals surface area contributed by atoms with Crippen LogP contribution in [0.2, 0.25) is 0 Å². The molecule has 1 heterocycles. The second-order valence-corrected chi connectivity index (χ2v) is 3.27. The molecule has 0 aliphatic heterocycles. The molecule has 14 heavy (non-hydrogen) atoms. The number of hydrogen-bond donors (Lipinski definition) is 1. The van der Waals surface area contributed by atoms with Crippen molar-refractivity contribution in [2.24, 2.45) is 7.05 Å². The van der Waals surface area contributed by atoms with Gasteiger partial charge in [-0.15, -0.1) is 0 Å². The number of aromatic nitrogens is 2. The van der Waals surface area contributed by atoms with Gasteiger partial charge in [-0.2, -0.15) is 18.3 Å². The van der Waals surface area contributed by atoms with Crippen molar-refractivity contribution in [2.45, 2.75) is 25.6 Å². The highest BCUT2D eigenvalue weighted by Gasteiger charge is 2.29. The van der Waals surface area contributed by atoms with E-state index in [1.54, 1.807) is 13.2 Å². The van der Waals surface area contributed by atoms with Gasteiger partial charge in [-0.25, -0.2) is 0 Å². The summed E-state index contributed by atoms with van der Waals surface area (Å²) < 4.78 is 37.4. The van der Waals surface area contributed by atoms with Crippen LogP contribution >= 0.6 is 0 Å². The Balaban J connectivity index is 2.45. The van der Waals surface area contributed by atoms with Gasteiger partial charge in [-0.3, -0.25) is 4.68 Å². The van der Waals surface area contributed by atoms with Gasteiger partial charge in [0.2, 0.25) is 0 Å². The van der Waals surface area contributed by atoms with Crippen LogP contribution in [0.1, 0.15) is 13.3 Å². The zero-order chi connectivity index (χ0) is 10.8. The van der Waals surface area contributed by atoms with Gasteiger partial charge >= 0.3 is 6.18 Å². The normalized spacial score (nSPS) is 14.1. The lowest BCUT2D eigenvalue weighted by molar-refractivity contribution is -0.136. The standard InChI is InChI=1S/C8H12F3N3/c1-6(3-8(9,10)11)13-7-4-12-14(2)5-7/h4-6,13H,3H2,1-2H3/t6-/m0/s1. The fourth-order valence-corrected chi connectivity index (χ4v) is 1.18. The van der Waals surface area contributed by atoms with Gasteiger partial charge in [0.15, 0.2) is 0 Å². The fraction of sp³-hybridized carbons (Fsp3) is 0.625. The molecule has 0 saturated heterocycles. The Kier molecular flexibility index (Phi) is 3.03. The van der Waals surface area contributed by atoms with E-state index in [0.717, 1.165) is 0 Å². The number of aryl methyl sites for hydroxylation is 1. The van der Waals surface area contributed by atoms with E-state index in [4.69, 9.17) is 0 Å². The minimum Gasteiger partial charge on any atom is -0.380 e. The van der Waals surface area contributed by atoms with Gasteiger partial charge in [0.1, 0.15) is 0 Å². The Morgan fingerprint density at radius 1 is 1.57 bits per heavy atom. The molecule has 1 atom stereocenters. The molecule has 3 nitrogen and oxygen atoms in total. The third-order valence-electron chi connectivity index (χ3n) is 1.66. The van der Waals surface area contributed by atoms with E-state index < -0.39 is 18.6 Å². The van der Waals surface area contributed by atoms with Gasteiger partial charge in [-0.05, 0) is 6.92 Å². The van der Waals surface area contributed by atoms with Crippen LogP contribution in [-0.2, 0) is 7.05 Å². The number of rotatable bonds is 3. The predicted molar refractivity (Wildman–Crippen MR) is 47.0 cm³/mol. The van der Waals surface area contributed by atoms with Crippen molar-refractivity contribution in [3.8, 4) is 0 Å². The summed E-state index contributed by atoms with van der Waals surface area (Å²) in [5.41, 5.74) is 0.601. The number of hydrogen-bond acceptors (Lipinski definition) is 2. The van der Waals surface area contributed by atoms with Gasteiger partial charge in [0, 0.05) is 19.3 Å². The van der Waals surface area contributed by atoms with Crippen LogP contribution in [0.4, 0.5) is 18.9 Å². The summed E-state index contributed by atoms with van der Waals surface area (Å²) in [5.74, 6) is 0. The molecule has 0 aromatic carbocycles. The largest absolute Gasteiger partial charge is 0.391 e. The summed E-state index contributed by atoms with van der Waals surface area (Å²) in [6.07, 6.45) is -1.85. The number of alkyl halides is 3. The van der Waals surface area contributed by atoms with E-state index >= 15 is 0 Å². The van der Waals surface area contributed by atoms with Crippen molar-refractivity contribution in [2.75, 3.05) is 5.32 Å². The average molecular weight is 207 g/mol. The quantitative estimate of drug-likeness (QED) is 0.823. The summed E-state index contributed by atoms with van der Waals surface area (Å²) >= 11 is 0. The van der Waals surface area contributed by atoms with Crippen molar-refractivity contribution in [3.05, 3.63) is 12.4 Å². The summed E-state index contributed by atoms with van der Waals surface area (Å²) in [4.78, 5) is 0. The third kappa shape index (κ3) is 3.68. The molecule has 0 bridgehead atoms. The fourth-order valence-electron chi connectivity index (χ4n) is 1.18. The highest BCUT2D eigenvalue weighted by Crippen LogP contribution is 2.22. The predicted octanol–water partition coefficient (Wildman–Crippen LogP) is 2.17. The van der Waals surface area contributed by atoms with Gasteiger partial charge in [0.05, 0.1) is 18.3 Å². The number of anilines is 1. The first-order valence-electron chi connectivity index (χ1n) is 4.19. The van der Waals surface area contributed by atoms with Crippen molar-refractivity contribution in [1.29, 1.82) is 0 Å². The summed E-state index contributed by atoms with van der Waals surface area (Å²) in [5, 5.41) is 6.55. The highest BCUT2D eigenvalue weighted by molar-refractivity contribution is 5.38. The first-order chi connectivity index (χ1) is 6.37. The summed E-state index contributed by atoms with van der Waals surface area (Å²) in [6, 6.07) is -0.640. The Labute approximate surface area is 79.9 Å². The maximum absolute atomic E-state index is 12.0. The summed E-state index contributed by atoms with van der Waals surface area (Å²) in [7, 11) is 1.71. The Morgan fingerprint density at radius 3 is 2.64 bits per heavy atom. The molecule has 1 N–H and O–H groups in total. The Morgan fingerprint density at radius 2 is 2.21 bits per heavy atom. The minimum absolute atomic E-state index is 0.601. The molecular formula is C8H12F3N3. The van der Waals surface area contributed by atoms with E-state index in [9.17, 15) is 13.2 Å². The first kappa shape index (κ1) is 10.9. The van der Waals surface area contributed by atoms with Crippen LogP contribution in [0.5, 0.6) is 0 Å². The molecule has 1 rings (SSSR count). The molecule has 1 aromatic rings. The molecule has 0 amide bonds. The second kappa shape index (κ2) is 3.89. The van der Waals surface area contributed by atoms with E-state index in [1.807, 2.05) is 0 Å². The number of halogens is 3. The van der Waals surface area contributed by atoms with Crippen LogP contribution in [0.25, 0.3) is 0 Å². The van der Waals surface area contributed by atoms with Crippen LogP contribution in [0, 0.1) is 0 Å². The zero-order valence-corrected chi connectivity index (χ0v) is 7.97. The first-order valence-corrected chi connectivity index (χ1v) is 4.19. The average Bonchev–Trinajstić information content (AvgIpc) is 2.30. The molecule has 1 aromatic heterocycles. The lowest BCUT2D eigenvalue weighted by Crippen LogP contribution is -2.23. The van der Waals surface area contributed by atoms with Crippen molar-refractivity contribution in [1.82, 2.24) is 9.78 Å². The highest BCUT2D eigenvalue weighted by atomic mass is 19.4. The van der Waals surface area contributed by atoms with Crippen molar-refractivity contribution < 1.29 is 13.2 Å². The lowest BCUT2D eigenvalue weighted by atomic mass is 10.2. The van der Waals surface area contributed by atoms with E-state index in [2.05, 4.69) is 10.4 Å². The number of nitrogens with zero attached hydrogens (tertiary/aromatic N) is 2. The third-order valence-corrected chi connectivity index (χ3v) is 1.66. The van der Waals surface area contributed by atoms with E-state index in [1.165, 1.54) is 17.8 Å². The van der Waals surface area contributed by atoms with Crippen molar-refractivity contribution in [3.63, 3.8) is 0 Å². The molecule has 80 valence electrons. The number of nitrogens with one attached hydrogen (secondary N) is 1. The van der Waals surface area contributed by atoms with Gasteiger partial charge in [-0.1, -0.05) is 0 Å². The summed E-state index contributed by atoms with van der Waals surface area (Å²) in [6.45, 7) is 1.49. The Bertz CT molecular complexity index is 292. The monoisotopic (exact) mass is 207 g/mol. The maximum Gasteiger partial charge on any atom is 0.391 e. The smallest absolute Gasteiger partial charge is 0.380 e. The molecule has 0 aliphatic carbocycles. The molecule has 6 heteroatoms. The van der Waals surface area contributed by atoms with Crippen LogP contribution < -0.4 is 5.32 Å². The molecule has 0 unspecified atom stereocenters. The topological polar surface area (TPSA) is 29.9 Å². The van der Waals surface area contributed by atoms with Crippen molar-refractivity contribution >= 4 is 5.69 Å². The second-order valence-electron chi connectivity index (χ2n) is 3.27. The molecule has 0 aliphatic rings. The SMILES string of the molecule is C[C@@H](CC(F)(F)F)Nc1cnn(C)c1. The Hall–Kier alpha value is -1.20. The molecule has 0 saturated carbocycles. The zero-order valence-electron chi connectivity index (χ0n) is 7.97. The minimum atomic E-state index is -4.13.